The maximum atomic E-state index is 13.0. The second-order valence-electron chi connectivity index (χ2n) is 6.84. The molecule has 1 saturated carbocycles. The molecule has 148 valence electrons. The van der Waals surface area contributed by atoms with Crippen LogP contribution in [0.1, 0.15) is 36.1 Å². The van der Waals surface area contributed by atoms with Gasteiger partial charge in [-0.2, -0.15) is 0 Å². The molecule has 1 aliphatic carbocycles. The minimum atomic E-state index is -1.12. The summed E-state index contributed by atoms with van der Waals surface area (Å²) in [6.07, 6.45) is 2.63. The number of thiophene rings is 1. The standard InChI is InChI=1S/C21H22ClNO4S/c1-23(19(25)14-27-20(26)13-15-7-6-12-28-15)21(11-5-4-10-18(21)24)16-8-2-3-9-17(16)22/h2-3,6-9,12H,4-5,10-11,13-14H2,1H3. The molecule has 28 heavy (non-hydrogen) atoms. The van der Waals surface area contributed by atoms with Crippen molar-refractivity contribution in [3.05, 3.63) is 57.2 Å². The number of Topliss-reactive ketones (excluding diaryl/α,β-unsaturated/α-hetero) is 1. The molecule has 3 rings (SSSR count). The third-order valence-electron chi connectivity index (χ3n) is 5.18. The number of carbonyl (C=O) groups excluding carboxylic acids is 3. The largest absolute Gasteiger partial charge is 0.455 e. The summed E-state index contributed by atoms with van der Waals surface area (Å²) in [4.78, 5) is 40.1. The van der Waals surface area contributed by atoms with E-state index < -0.39 is 24.0 Å². The molecule has 1 atom stereocenters. The van der Waals surface area contributed by atoms with E-state index in [9.17, 15) is 14.4 Å². The van der Waals surface area contributed by atoms with E-state index in [1.165, 1.54) is 16.2 Å². The van der Waals surface area contributed by atoms with Gasteiger partial charge in [-0.25, -0.2) is 0 Å². The quantitative estimate of drug-likeness (QED) is 0.664. The van der Waals surface area contributed by atoms with Crippen molar-refractivity contribution < 1.29 is 19.1 Å². The van der Waals surface area contributed by atoms with Crippen LogP contribution >= 0.6 is 22.9 Å². The molecule has 0 bridgehead atoms. The van der Waals surface area contributed by atoms with Gasteiger partial charge >= 0.3 is 5.97 Å². The first-order chi connectivity index (χ1) is 13.4. The van der Waals surface area contributed by atoms with E-state index in [1.807, 2.05) is 23.6 Å². The molecule has 1 heterocycles. The number of carbonyl (C=O) groups is 3. The Morgan fingerprint density at radius 1 is 1.21 bits per heavy atom. The first kappa shape index (κ1) is 20.6. The number of hydrogen-bond acceptors (Lipinski definition) is 5. The Kier molecular flexibility index (Phi) is 6.52. The summed E-state index contributed by atoms with van der Waals surface area (Å²) in [5.41, 5.74) is -0.490. The van der Waals surface area contributed by atoms with Crippen LogP contribution in [0.25, 0.3) is 0 Å². The van der Waals surface area contributed by atoms with Gasteiger partial charge in [-0.05, 0) is 36.8 Å². The van der Waals surface area contributed by atoms with Crippen molar-refractivity contribution in [3.63, 3.8) is 0 Å². The molecule has 0 spiro atoms. The highest BCUT2D eigenvalue weighted by Gasteiger charge is 2.47. The number of benzene rings is 1. The number of esters is 1. The molecule has 2 aromatic rings. The molecule has 0 N–H and O–H groups in total. The molecule has 0 aliphatic heterocycles. The van der Waals surface area contributed by atoms with Crippen LogP contribution in [0.4, 0.5) is 0 Å². The van der Waals surface area contributed by atoms with Crippen molar-refractivity contribution in [3.8, 4) is 0 Å². The maximum Gasteiger partial charge on any atom is 0.311 e. The van der Waals surface area contributed by atoms with Crippen LogP contribution in [0.15, 0.2) is 41.8 Å². The lowest BCUT2D eigenvalue weighted by atomic mass is 9.74. The number of rotatable bonds is 6. The highest BCUT2D eigenvalue weighted by atomic mass is 35.5. The van der Waals surface area contributed by atoms with Crippen LogP contribution in [-0.2, 0) is 31.1 Å². The highest BCUT2D eigenvalue weighted by Crippen LogP contribution is 2.42. The minimum absolute atomic E-state index is 0.0346. The van der Waals surface area contributed by atoms with Crippen LogP contribution in [0.2, 0.25) is 5.02 Å². The van der Waals surface area contributed by atoms with E-state index in [-0.39, 0.29) is 12.2 Å². The van der Waals surface area contributed by atoms with E-state index in [1.54, 1.807) is 25.2 Å². The molecule has 1 fully saturated rings. The molecule has 5 nitrogen and oxygen atoms in total. The molecule has 7 heteroatoms. The molecule has 0 saturated heterocycles. The summed E-state index contributed by atoms with van der Waals surface area (Å²) < 4.78 is 5.17. The summed E-state index contributed by atoms with van der Waals surface area (Å²) in [6, 6.07) is 10.8. The Balaban J connectivity index is 1.77. The average molecular weight is 420 g/mol. The van der Waals surface area contributed by atoms with Gasteiger partial charge in [-0.3, -0.25) is 14.4 Å². The topological polar surface area (TPSA) is 63.7 Å². The van der Waals surface area contributed by atoms with Gasteiger partial charge in [0.15, 0.2) is 12.4 Å². The zero-order chi connectivity index (χ0) is 20.1. The van der Waals surface area contributed by atoms with Gasteiger partial charge in [0, 0.05) is 28.9 Å². The fourth-order valence-electron chi connectivity index (χ4n) is 3.69. The van der Waals surface area contributed by atoms with Gasteiger partial charge in [0.1, 0.15) is 5.54 Å². The smallest absolute Gasteiger partial charge is 0.311 e. The molecule has 1 amide bonds. The van der Waals surface area contributed by atoms with Crippen LogP contribution in [0.3, 0.4) is 0 Å². The van der Waals surface area contributed by atoms with Gasteiger partial charge in [0.2, 0.25) is 0 Å². The lowest BCUT2D eigenvalue weighted by molar-refractivity contribution is -0.157. The normalized spacial score (nSPS) is 19.3. The number of amides is 1. The Morgan fingerprint density at radius 3 is 2.68 bits per heavy atom. The first-order valence-corrected chi connectivity index (χ1v) is 10.4. The number of halogens is 1. The maximum absolute atomic E-state index is 13.0. The van der Waals surface area contributed by atoms with Crippen molar-refractivity contribution in [1.29, 1.82) is 0 Å². The monoisotopic (exact) mass is 419 g/mol. The highest BCUT2D eigenvalue weighted by molar-refractivity contribution is 7.10. The van der Waals surface area contributed by atoms with Gasteiger partial charge in [0.25, 0.3) is 5.91 Å². The predicted octanol–water partition coefficient (Wildman–Crippen LogP) is 3.98. The van der Waals surface area contributed by atoms with Gasteiger partial charge < -0.3 is 9.64 Å². The lowest BCUT2D eigenvalue weighted by Gasteiger charge is -2.43. The number of likely N-dealkylation sites (N-methyl/N-ethyl adjacent to an activating group) is 1. The van der Waals surface area contributed by atoms with Gasteiger partial charge in [-0.1, -0.05) is 35.9 Å². The Bertz CT molecular complexity index is 867. The third kappa shape index (κ3) is 4.13. The Hall–Kier alpha value is -2.18. The second-order valence-corrected chi connectivity index (χ2v) is 8.28. The van der Waals surface area contributed by atoms with Crippen LogP contribution in [0.5, 0.6) is 0 Å². The van der Waals surface area contributed by atoms with Gasteiger partial charge in [-0.15, -0.1) is 11.3 Å². The fraction of sp³-hybridized carbons (Fsp3) is 0.381. The molecule has 0 radical (unpaired) electrons. The lowest BCUT2D eigenvalue weighted by Crippen LogP contribution is -2.55. The van der Waals surface area contributed by atoms with Crippen LogP contribution in [-0.4, -0.2) is 36.2 Å². The van der Waals surface area contributed by atoms with E-state index in [2.05, 4.69) is 0 Å². The summed E-state index contributed by atoms with van der Waals surface area (Å²) in [7, 11) is 1.59. The van der Waals surface area contributed by atoms with Crippen molar-refractivity contribution >= 4 is 40.6 Å². The molecule has 1 unspecified atom stereocenters. The second kappa shape index (κ2) is 8.88. The van der Waals surface area contributed by atoms with Crippen molar-refractivity contribution in [2.45, 2.75) is 37.6 Å². The fourth-order valence-corrected chi connectivity index (χ4v) is 4.67. The van der Waals surface area contributed by atoms with Crippen LogP contribution < -0.4 is 0 Å². The zero-order valence-electron chi connectivity index (χ0n) is 15.7. The van der Waals surface area contributed by atoms with E-state index in [0.717, 1.165) is 17.7 Å². The molecular formula is C21H22ClNO4S. The number of ether oxygens (including phenoxy) is 1. The predicted molar refractivity (Wildman–Crippen MR) is 108 cm³/mol. The number of ketones is 1. The Labute approximate surface area is 173 Å². The SMILES string of the molecule is CN(C(=O)COC(=O)Cc1cccs1)C1(c2ccccc2Cl)CCCCC1=O. The molecular weight excluding hydrogens is 398 g/mol. The zero-order valence-corrected chi connectivity index (χ0v) is 17.2. The summed E-state index contributed by atoms with van der Waals surface area (Å²) in [6.45, 7) is -0.403. The van der Waals surface area contributed by atoms with Crippen molar-refractivity contribution in [1.82, 2.24) is 4.90 Å². The number of hydrogen-bond donors (Lipinski definition) is 0. The Morgan fingerprint density at radius 2 is 2.00 bits per heavy atom. The van der Waals surface area contributed by atoms with E-state index in [4.69, 9.17) is 16.3 Å². The van der Waals surface area contributed by atoms with Gasteiger partial charge in [0.05, 0.1) is 6.42 Å². The molecule has 1 aliphatic rings. The average Bonchev–Trinajstić information content (AvgIpc) is 3.19. The third-order valence-corrected chi connectivity index (χ3v) is 6.38. The van der Waals surface area contributed by atoms with E-state index in [0.29, 0.717) is 23.4 Å². The summed E-state index contributed by atoms with van der Waals surface area (Å²) in [5.74, 6) is -0.923. The van der Waals surface area contributed by atoms with Crippen molar-refractivity contribution in [2.75, 3.05) is 13.7 Å². The van der Waals surface area contributed by atoms with Crippen molar-refractivity contribution in [2.24, 2.45) is 0 Å². The van der Waals surface area contributed by atoms with E-state index >= 15 is 0 Å². The first-order valence-electron chi connectivity index (χ1n) is 9.18. The van der Waals surface area contributed by atoms with Crippen LogP contribution in [0, 0.1) is 0 Å². The molecule has 1 aromatic heterocycles. The molecule has 1 aromatic carbocycles. The minimum Gasteiger partial charge on any atom is -0.455 e. The number of nitrogens with zero attached hydrogens (tertiary/aromatic N) is 1. The summed E-state index contributed by atoms with van der Waals surface area (Å²) >= 11 is 7.85. The summed E-state index contributed by atoms with van der Waals surface area (Å²) in [5, 5.41) is 2.33.